The first kappa shape index (κ1) is 11.5. The Labute approximate surface area is 98.3 Å². The van der Waals surface area contributed by atoms with Crippen molar-refractivity contribution in [1.29, 1.82) is 0 Å². The van der Waals surface area contributed by atoms with E-state index >= 15 is 0 Å². The van der Waals surface area contributed by atoms with Crippen LogP contribution in [0.5, 0.6) is 0 Å². The lowest BCUT2D eigenvalue weighted by atomic mass is 10.2. The van der Waals surface area contributed by atoms with Crippen LogP contribution < -0.4 is 5.32 Å². The molecule has 2 rings (SSSR count). The first-order valence-electron chi connectivity index (χ1n) is 4.68. The first-order chi connectivity index (χ1) is 7.47. The Balaban J connectivity index is 2.33. The minimum absolute atomic E-state index is 0.0141. The monoisotopic (exact) mass is 257 g/mol. The van der Waals surface area contributed by atoms with E-state index in [1.807, 2.05) is 6.07 Å². The van der Waals surface area contributed by atoms with Crippen LogP contribution in [0.2, 0.25) is 0 Å². The molecule has 1 atom stereocenters. The molecule has 1 heterocycles. The summed E-state index contributed by atoms with van der Waals surface area (Å²) in [5.74, 6) is 0.410. The molecule has 1 unspecified atom stereocenters. The van der Waals surface area contributed by atoms with E-state index in [1.54, 1.807) is 18.2 Å². The van der Waals surface area contributed by atoms with Crippen LogP contribution in [-0.4, -0.2) is 26.3 Å². The van der Waals surface area contributed by atoms with Crippen LogP contribution in [0.15, 0.2) is 29.2 Å². The van der Waals surface area contributed by atoms with E-state index in [9.17, 15) is 13.2 Å². The Morgan fingerprint density at radius 2 is 2.19 bits per heavy atom. The Kier molecular flexibility index (Phi) is 2.94. The average molecular weight is 257 g/mol. The SMILES string of the molecule is CS(=O)(=O)c1cccc(C2NC(=O)CS2)c1. The number of thioether (sulfide) groups is 1. The van der Waals surface area contributed by atoms with E-state index in [0.29, 0.717) is 5.75 Å². The maximum atomic E-state index is 11.4. The quantitative estimate of drug-likeness (QED) is 0.857. The van der Waals surface area contributed by atoms with Crippen molar-refractivity contribution >= 4 is 27.5 Å². The molecule has 0 aromatic heterocycles. The lowest BCUT2D eigenvalue weighted by molar-refractivity contribution is -0.118. The highest BCUT2D eigenvalue weighted by atomic mass is 32.2. The van der Waals surface area contributed by atoms with Gasteiger partial charge in [-0.2, -0.15) is 0 Å². The number of carbonyl (C=O) groups is 1. The van der Waals surface area contributed by atoms with Crippen molar-refractivity contribution in [2.24, 2.45) is 0 Å². The maximum Gasteiger partial charge on any atom is 0.231 e. The van der Waals surface area contributed by atoms with Gasteiger partial charge < -0.3 is 5.32 Å². The summed E-state index contributed by atoms with van der Waals surface area (Å²) in [6, 6.07) is 6.67. The number of nitrogens with one attached hydrogen (secondary N) is 1. The zero-order valence-electron chi connectivity index (χ0n) is 8.64. The molecule has 1 fully saturated rings. The van der Waals surface area contributed by atoms with Gasteiger partial charge in [0.2, 0.25) is 5.91 Å². The van der Waals surface area contributed by atoms with Gasteiger partial charge in [-0.1, -0.05) is 12.1 Å². The Morgan fingerprint density at radius 1 is 1.44 bits per heavy atom. The van der Waals surface area contributed by atoms with E-state index in [-0.39, 0.29) is 16.2 Å². The summed E-state index contributed by atoms with van der Waals surface area (Å²) in [5, 5.41) is 2.65. The molecule has 0 spiro atoms. The fourth-order valence-electron chi connectivity index (χ4n) is 1.48. The van der Waals surface area contributed by atoms with Gasteiger partial charge >= 0.3 is 0 Å². The van der Waals surface area contributed by atoms with Crippen molar-refractivity contribution in [3.8, 4) is 0 Å². The van der Waals surface area contributed by atoms with Gasteiger partial charge in [-0.3, -0.25) is 4.79 Å². The van der Waals surface area contributed by atoms with Crippen LogP contribution in [-0.2, 0) is 14.6 Å². The van der Waals surface area contributed by atoms with Gasteiger partial charge in [0, 0.05) is 6.26 Å². The molecule has 1 N–H and O–H groups in total. The number of carbonyl (C=O) groups excluding carboxylic acids is 1. The molecule has 1 aromatic rings. The first-order valence-corrected chi connectivity index (χ1v) is 7.62. The van der Waals surface area contributed by atoms with Crippen LogP contribution in [0, 0.1) is 0 Å². The molecular formula is C10H11NO3S2. The Morgan fingerprint density at radius 3 is 2.75 bits per heavy atom. The maximum absolute atomic E-state index is 11.4. The fraction of sp³-hybridized carbons (Fsp3) is 0.300. The van der Waals surface area contributed by atoms with E-state index in [0.717, 1.165) is 5.56 Å². The number of hydrogen-bond acceptors (Lipinski definition) is 4. The molecule has 1 aliphatic heterocycles. The molecule has 16 heavy (non-hydrogen) atoms. The van der Waals surface area contributed by atoms with Crippen LogP contribution in [0.1, 0.15) is 10.9 Å². The summed E-state index contributed by atoms with van der Waals surface area (Å²) in [5.41, 5.74) is 0.818. The third-order valence-electron chi connectivity index (χ3n) is 2.26. The van der Waals surface area contributed by atoms with Gasteiger partial charge in [-0.15, -0.1) is 11.8 Å². The summed E-state index contributed by atoms with van der Waals surface area (Å²) in [4.78, 5) is 11.3. The van der Waals surface area contributed by atoms with Crippen molar-refractivity contribution in [2.45, 2.75) is 10.3 Å². The molecule has 1 aromatic carbocycles. The zero-order valence-corrected chi connectivity index (χ0v) is 10.3. The third kappa shape index (κ3) is 2.38. The van der Waals surface area contributed by atoms with Crippen molar-refractivity contribution in [3.63, 3.8) is 0 Å². The third-order valence-corrected chi connectivity index (χ3v) is 4.52. The largest absolute Gasteiger partial charge is 0.339 e. The molecule has 0 bridgehead atoms. The molecular weight excluding hydrogens is 246 g/mol. The second kappa shape index (κ2) is 4.10. The molecule has 0 radical (unpaired) electrons. The fourth-order valence-corrected chi connectivity index (χ4v) is 3.11. The van der Waals surface area contributed by atoms with Gasteiger partial charge in [0.25, 0.3) is 0 Å². The van der Waals surface area contributed by atoms with E-state index < -0.39 is 9.84 Å². The molecule has 0 aliphatic carbocycles. The van der Waals surface area contributed by atoms with Crippen LogP contribution >= 0.6 is 11.8 Å². The van der Waals surface area contributed by atoms with E-state index in [4.69, 9.17) is 0 Å². The summed E-state index contributed by atoms with van der Waals surface area (Å²) in [7, 11) is -3.19. The predicted octanol–water partition coefficient (Wildman–Crippen LogP) is 0.952. The number of sulfone groups is 1. The Bertz CT molecular complexity index is 525. The minimum Gasteiger partial charge on any atom is -0.339 e. The topological polar surface area (TPSA) is 63.2 Å². The van der Waals surface area contributed by atoms with E-state index in [1.165, 1.54) is 18.0 Å². The van der Waals surface area contributed by atoms with Gasteiger partial charge in [-0.05, 0) is 17.7 Å². The summed E-state index contributed by atoms with van der Waals surface area (Å²) < 4.78 is 22.7. The predicted molar refractivity (Wildman–Crippen MR) is 62.9 cm³/mol. The standard InChI is InChI=1S/C10H11NO3S2/c1-16(13,14)8-4-2-3-7(5-8)10-11-9(12)6-15-10/h2-5,10H,6H2,1H3,(H,11,12). The normalized spacial score (nSPS) is 20.8. The summed E-state index contributed by atoms with van der Waals surface area (Å²) in [6.07, 6.45) is 1.17. The molecule has 86 valence electrons. The highest BCUT2D eigenvalue weighted by Crippen LogP contribution is 2.31. The van der Waals surface area contributed by atoms with Gasteiger partial charge in [0.05, 0.1) is 10.6 Å². The smallest absolute Gasteiger partial charge is 0.231 e. The van der Waals surface area contributed by atoms with Crippen LogP contribution in [0.3, 0.4) is 0 Å². The zero-order chi connectivity index (χ0) is 11.8. The molecule has 1 saturated heterocycles. The second-order valence-corrected chi connectivity index (χ2v) is 6.71. The van der Waals surface area contributed by atoms with Crippen molar-refractivity contribution in [2.75, 3.05) is 12.0 Å². The van der Waals surface area contributed by atoms with Crippen molar-refractivity contribution in [3.05, 3.63) is 29.8 Å². The Hall–Kier alpha value is -1.01. The summed E-state index contributed by atoms with van der Waals surface area (Å²) >= 11 is 1.47. The lowest BCUT2D eigenvalue weighted by Gasteiger charge is -2.10. The summed E-state index contributed by atoms with van der Waals surface area (Å²) in [6.45, 7) is 0. The van der Waals surface area contributed by atoms with E-state index in [2.05, 4.69) is 5.32 Å². The lowest BCUT2D eigenvalue weighted by Crippen LogP contribution is -2.19. The number of rotatable bonds is 2. The highest BCUT2D eigenvalue weighted by molar-refractivity contribution is 8.00. The second-order valence-electron chi connectivity index (χ2n) is 3.60. The van der Waals surface area contributed by atoms with Crippen molar-refractivity contribution in [1.82, 2.24) is 5.32 Å². The van der Waals surface area contributed by atoms with Crippen LogP contribution in [0.4, 0.5) is 0 Å². The molecule has 6 heteroatoms. The van der Waals surface area contributed by atoms with Gasteiger partial charge in [0.15, 0.2) is 9.84 Å². The molecule has 1 amide bonds. The minimum atomic E-state index is -3.19. The van der Waals surface area contributed by atoms with Crippen LogP contribution in [0.25, 0.3) is 0 Å². The molecule has 1 aliphatic rings. The average Bonchev–Trinajstić information content (AvgIpc) is 2.64. The molecule has 0 saturated carbocycles. The highest BCUT2D eigenvalue weighted by Gasteiger charge is 2.23. The number of hydrogen-bond donors (Lipinski definition) is 1. The van der Waals surface area contributed by atoms with Gasteiger partial charge in [-0.25, -0.2) is 8.42 Å². The van der Waals surface area contributed by atoms with Gasteiger partial charge in [0.1, 0.15) is 5.37 Å². The molecule has 4 nitrogen and oxygen atoms in total. The number of amides is 1. The number of benzene rings is 1. The van der Waals surface area contributed by atoms with Crippen molar-refractivity contribution < 1.29 is 13.2 Å².